The van der Waals surface area contributed by atoms with Crippen LogP contribution in [0.5, 0.6) is 0 Å². The van der Waals surface area contributed by atoms with Crippen molar-refractivity contribution in [2.75, 3.05) is 20.1 Å². The Morgan fingerprint density at radius 2 is 2.05 bits per heavy atom. The molecule has 1 unspecified atom stereocenters. The first-order valence-corrected chi connectivity index (χ1v) is 7.24. The largest absolute Gasteiger partial charge is 0.455 e. The fraction of sp³-hybridized carbons (Fsp3) is 0.615. The van der Waals surface area contributed by atoms with Crippen LogP contribution in [-0.4, -0.2) is 42.1 Å². The molecule has 0 aliphatic carbocycles. The Kier molecular flexibility index (Phi) is 4.51. The lowest BCUT2D eigenvalue weighted by Crippen LogP contribution is -2.33. The van der Waals surface area contributed by atoms with Crippen LogP contribution in [0.25, 0.3) is 0 Å². The number of carbonyl (C=O) groups excluding carboxylic acids is 1. The number of thiophene rings is 1. The van der Waals surface area contributed by atoms with E-state index in [2.05, 4.69) is 4.90 Å². The summed E-state index contributed by atoms with van der Waals surface area (Å²) in [6.45, 7) is 1.60. The van der Waals surface area contributed by atoms with Crippen molar-refractivity contribution < 1.29 is 23.1 Å². The summed E-state index contributed by atoms with van der Waals surface area (Å²) in [6.07, 6.45) is -4.47. The third kappa shape index (κ3) is 3.21. The first kappa shape index (κ1) is 15.5. The number of rotatable bonds is 3. The van der Waals surface area contributed by atoms with Gasteiger partial charge in [-0.1, -0.05) is 0 Å². The summed E-state index contributed by atoms with van der Waals surface area (Å²) in [5, 5.41) is 11.7. The van der Waals surface area contributed by atoms with E-state index in [-0.39, 0.29) is 16.4 Å². The molecule has 1 fully saturated rings. The van der Waals surface area contributed by atoms with Crippen LogP contribution in [0.1, 0.15) is 34.2 Å². The van der Waals surface area contributed by atoms with E-state index in [0.29, 0.717) is 12.8 Å². The molecule has 0 aromatic carbocycles. The zero-order chi connectivity index (χ0) is 14.9. The van der Waals surface area contributed by atoms with Crippen LogP contribution in [0.3, 0.4) is 0 Å². The van der Waals surface area contributed by atoms with Crippen molar-refractivity contribution in [1.29, 1.82) is 0 Å². The van der Waals surface area contributed by atoms with Crippen LogP contribution in [-0.2, 0) is 0 Å². The van der Waals surface area contributed by atoms with Crippen LogP contribution in [0, 0.1) is 5.92 Å². The van der Waals surface area contributed by atoms with Gasteiger partial charge in [0.05, 0.1) is 11.0 Å². The summed E-state index contributed by atoms with van der Waals surface area (Å²) in [5.41, 5.74) is 0.117. The Morgan fingerprint density at radius 3 is 2.60 bits per heavy atom. The molecular weight excluding hydrogens is 291 g/mol. The standard InChI is InChI=1S/C13H16F3NO2S/c1-17-5-2-8(3-6-17)10(18)9-4-7-20-11(9)12(19)13(14,15)16/h4,7-8,10,18H,2-3,5-6H2,1H3. The minimum absolute atomic E-state index is 0.0967. The van der Waals surface area contributed by atoms with Gasteiger partial charge in [-0.25, -0.2) is 0 Å². The number of aliphatic hydroxyl groups excluding tert-OH is 1. The maximum atomic E-state index is 12.5. The highest BCUT2D eigenvalue weighted by Crippen LogP contribution is 2.36. The number of nitrogens with zero attached hydrogens (tertiary/aromatic N) is 1. The van der Waals surface area contributed by atoms with Gasteiger partial charge in [-0.2, -0.15) is 13.2 Å². The third-order valence-corrected chi connectivity index (χ3v) is 4.62. The number of hydrogen-bond acceptors (Lipinski definition) is 4. The van der Waals surface area contributed by atoms with Crippen molar-refractivity contribution in [3.8, 4) is 0 Å². The van der Waals surface area contributed by atoms with Gasteiger partial charge in [-0.05, 0) is 50.3 Å². The second-order valence-corrected chi connectivity index (χ2v) is 6.03. The molecule has 1 aromatic heterocycles. The van der Waals surface area contributed by atoms with Crippen molar-refractivity contribution >= 4 is 17.1 Å². The second kappa shape index (κ2) is 5.83. The Labute approximate surface area is 119 Å². The molecule has 1 aliphatic rings. The summed E-state index contributed by atoms with van der Waals surface area (Å²) < 4.78 is 37.6. The molecule has 112 valence electrons. The molecule has 2 heterocycles. The van der Waals surface area contributed by atoms with E-state index in [1.165, 1.54) is 11.4 Å². The molecule has 0 saturated carbocycles. The number of Topliss-reactive ketones (excluding diaryl/α,β-unsaturated/α-hetero) is 1. The second-order valence-electron chi connectivity index (χ2n) is 5.12. The predicted octanol–water partition coefficient (Wildman–Crippen LogP) is 2.87. The molecule has 0 amide bonds. The van der Waals surface area contributed by atoms with Crippen molar-refractivity contribution in [3.05, 3.63) is 21.9 Å². The number of ketones is 1. The van der Waals surface area contributed by atoms with Gasteiger partial charge in [0, 0.05) is 5.56 Å². The average molecular weight is 307 g/mol. The zero-order valence-corrected chi connectivity index (χ0v) is 11.8. The van der Waals surface area contributed by atoms with Gasteiger partial charge in [0.25, 0.3) is 5.78 Å². The van der Waals surface area contributed by atoms with Crippen molar-refractivity contribution in [2.24, 2.45) is 5.92 Å². The van der Waals surface area contributed by atoms with E-state index in [9.17, 15) is 23.1 Å². The highest BCUT2D eigenvalue weighted by Gasteiger charge is 2.42. The first-order valence-electron chi connectivity index (χ1n) is 6.36. The molecule has 0 bridgehead atoms. The van der Waals surface area contributed by atoms with Crippen LogP contribution in [0.4, 0.5) is 13.2 Å². The van der Waals surface area contributed by atoms with Crippen molar-refractivity contribution in [3.63, 3.8) is 0 Å². The quantitative estimate of drug-likeness (QED) is 0.873. The summed E-state index contributed by atoms with van der Waals surface area (Å²) in [4.78, 5) is 13.1. The summed E-state index contributed by atoms with van der Waals surface area (Å²) in [7, 11) is 1.96. The maximum absolute atomic E-state index is 12.5. The number of likely N-dealkylation sites (tertiary alicyclic amines) is 1. The number of piperidine rings is 1. The van der Waals surface area contributed by atoms with Crippen LogP contribution < -0.4 is 0 Å². The summed E-state index contributed by atoms with van der Waals surface area (Å²) >= 11 is 0.737. The maximum Gasteiger partial charge on any atom is 0.455 e. The van der Waals surface area contributed by atoms with Gasteiger partial charge in [0.1, 0.15) is 0 Å². The SMILES string of the molecule is CN1CCC(C(O)c2ccsc2C(=O)C(F)(F)F)CC1. The molecule has 1 saturated heterocycles. The van der Waals surface area contributed by atoms with Gasteiger partial charge in [-0.3, -0.25) is 4.79 Å². The smallest absolute Gasteiger partial charge is 0.388 e. The number of aliphatic hydroxyl groups is 1. The molecule has 1 atom stereocenters. The minimum atomic E-state index is -4.90. The fourth-order valence-corrected chi connectivity index (χ4v) is 3.36. The lowest BCUT2D eigenvalue weighted by molar-refractivity contribution is -0.0884. The lowest BCUT2D eigenvalue weighted by atomic mass is 9.87. The molecule has 2 rings (SSSR count). The van der Waals surface area contributed by atoms with Crippen molar-refractivity contribution in [2.45, 2.75) is 25.1 Å². The lowest BCUT2D eigenvalue weighted by Gasteiger charge is -2.32. The van der Waals surface area contributed by atoms with E-state index < -0.39 is 18.1 Å². The first-order chi connectivity index (χ1) is 9.30. The monoisotopic (exact) mass is 307 g/mol. The third-order valence-electron chi connectivity index (χ3n) is 3.69. The Bertz CT molecular complexity index is 478. The van der Waals surface area contributed by atoms with Gasteiger partial charge in [-0.15, -0.1) is 11.3 Å². The number of alkyl halides is 3. The Balaban J connectivity index is 2.17. The zero-order valence-electron chi connectivity index (χ0n) is 11.0. The number of carbonyl (C=O) groups is 1. The fourth-order valence-electron chi connectivity index (χ4n) is 2.46. The van der Waals surface area contributed by atoms with Gasteiger partial charge in [0.15, 0.2) is 0 Å². The van der Waals surface area contributed by atoms with Gasteiger partial charge < -0.3 is 10.0 Å². The Morgan fingerprint density at radius 1 is 1.45 bits per heavy atom. The van der Waals surface area contributed by atoms with Gasteiger partial charge >= 0.3 is 6.18 Å². The topological polar surface area (TPSA) is 40.5 Å². The van der Waals surface area contributed by atoms with Crippen LogP contribution in [0.2, 0.25) is 0 Å². The predicted molar refractivity (Wildman–Crippen MR) is 69.9 cm³/mol. The molecule has 20 heavy (non-hydrogen) atoms. The van der Waals surface area contributed by atoms with E-state index in [0.717, 1.165) is 24.4 Å². The Hall–Kier alpha value is -0.920. The minimum Gasteiger partial charge on any atom is -0.388 e. The highest BCUT2D eigenvalue weighted by molar-refractivity contribution is 7.12. The van der Waals surface area contributed by atoms with Crippen molar-refractivity contribution in [1.82, 2.24) is 4.90 Å². The number of halogens is 3. The number of hydrogen-bond donors (Lipinski definition) is 1. The summed E-state index contributed by atoms with van der Waals surface area (Å²) in [6, 6.07) is 1.42. The van der Waals surface area contributed by atoms with E-state index in [4.69, 9.17) is 0 Å². The molecule has 0 radical (unpaired) electrons. The molecule has 1 aliphatic heterocycles. The molecule has 7 heteroatoms. The van der Waals surface area contributed by atoms with Crippen LogP contribution >= 0.6 is 11.3 Å². The van der Waals surface area contributed by atoms with Crippen LogP contribution in [0.15, 0.2) is 11.4 Å². The molecule has 1 N–H and O–H groups in total. The molecule has 3 nitrogen and oxygen atoms in total. The molecule has 1 aromatic rings. The van der Waals surface area contributed by atoms with E-state index >= 15 is 0 Å². The van der Waals surface area contributed by atoms with E-state index in [1.807, 2.05) is 7.05 Å². The van der Waals surface area contributed by atoms with Gasteiger partial charge in [0.2, 0.25) is 0 Å². The highest BCUT2D eigenvalue weighted by atomic mass is 32.1. The normalized spacial score (nSPS) is 20.1. The molecular formula is C13H16F3NO2S. The summed E-state index contributed by atoms with van der Waals surface area (Å²) in [5.74, 6) is -1.96. The average Bonchev–Trinajstić information content (AvgIpc) is 2.85. The molecule has 0 spiro atoms. The van der Waals surface area contributed by atoms with E-state index in [1.54, 1.807) is 0 Å².